The van der Waals surface area contributed by atoms with Crippen LogP contribution in [0.15, 0.2) is 59.2 Å². The van der Waals surface area contributed by atoms with Gasteiger partial charge in [-0.2, -0.15) is 0 Å². The van der Waals surface area contributed by atoms with Crippen LogP contribution in [0.2, 0.25) is 0 Å². The molecule has 1 heterocycles. The van der Waals surface area contributed by atoms with Crippen LogP contribution in [0.3, 0.4) is 0 Å². The summed E-state index contributed by atoms with van der Waals surface area (Å²) in [7, 11) is 0. The fraction of sp³-hybridized carbons (Fsp3) is 0.125. The van der Waals surface area contributed by atoms with E-state index in [1.54, 1.807) is 0 Å². The van der Waals surface area contributed by atoms with Crippen LogP contribution in [0, 0.1) is 0 Å². The van der Waals surface area contributed by atoms with E-state index in [0.717, 1.165) is 27.7 Å². The molecule has 0 spiro atoms. The Labute approximate surface area is 126 Å². The summed E-state index contributed by atoms with van der Waals surface area (Å²) in [6, 6.07) is 16.2. The second kappa shape index (κ2) is 6.11. The summed E-state index contributed by atoms with van der Waals surface area (Å²) >= 11 is 3.43. The average molecular weight is 328 g/mol. The molecule has 0 aliphatic carbocycles. The maximum Gasteiger partial charge on any atom is 0.0890 e. The number of nitrogens with zero attached hydrogens (tertiary/aromatic N) is 2. The van der Waals surface area contributed by atoms with Crippen molar-refractivity contribution in [3.8, 4) is 0 Å². The molecule has 1 aromatic heterocycles. The molecule has 0 unspecified atom stereocenters. The first kappa shape index (κ1) is 13.2. The Bertz CT molecular complexity index is 710. The molecule has 3 aromatic rings. The van der Waals surface area contributed by atoms with Gasteiger partial charge in [0, 0.05) is 17.6 Å². The molecule has 100 valence electrons. The van der Waals surface area contributed by atoms with Crippen molar-refractivity contribution in [1.29, 1.82) is 0 Å². The maximum atomic E-state index is 4.59. The normalized spacial score (nSPS) is 10.8. The quantitative estimate of drug-likeness (QED) is 0.794. The Morgan fingerprint density at radius 2 is 1.65 bits per heavy atom. The van der Waals surface area contributed by atoms with Crippen LogP contribution in [-0.2, 0) is 13.1 Å². The van der Waals surface area contributed by atoms with Crippen molar-refractivity contribution in [3.63, 3.8) is 0 Å². The summed E-state index contributed by atoms with van der Waals surface area (Å²) in [4.78, 5) is 9.00. The monoisotopic (exact) mass is 327 g/mol. The number of nitrogens with one attached hydrogen (secondary N) is 1. The number of benzene rings is 2. The molecule has 2 aromatic carbocycles. The number of hydrogen-bond donors (Lipinski definition) is 1. The highest BCUT2D eigenvalue weighted by molar-refractivity contribution is 9.10. The first-order valence-corrected chi connectivity index (χ1v) is 7.26. The van der Waals surface area contributed by atoms with Gasteiger partial charge in [0.05, 0.1) is 22.9 Å². The van der Waals surface area contributed by atoms with E-state index in [-0.39, 0.29) is 0 Å². The van der Waals surface area contributed by atoms with Crippen molar-refractivity contribution in [2.24, 2.45) is 0 Å². The van der Waals surface area contributed by atoms with Gasteiger partial charge in [-0.05, 0) is 29.8 Å². The molecule has 0 aliphatic rings. The summed E-state index contributed by atoms with van der Waals surface area (Å²) < 4.78 is 1.10. The van der Waals surface area contributed by atoms with Crippen LogP contribution in [-0.4, -0.2) is 9.97 Å². The average Bonchev–Trinajstić information content (AvgIpc) is 2.49. The number of aromatic nitrogens is 2. The molecule has 3 nitrogen and oxygen atoms in total. The first-order valence-electron chi connectivity index (χ1n) is 6.47. The topological polar surface area (TPSA) is 37.8 Å². The van der Waals surface area contributed by atoms with E-state index in [2.05, 4.69) is 43.3 Å². The molecule has 0 bridgehead atoms. The molecule has 1 N–H and O–H groups in total. The molecule has 0 fully saturated rings. The molecule has 3 rings (SSSR count). The molecule has 20 heavy (non-hydrogen) atoms. The Kier molecular flexibility index (Phi) is 4.04. The lowest BCUT2D eigenvalue weighted by Gasteiger charge is -2.05. The van der Waals surface area contributed by atoms with Gasteiger partial charge >= 0.3 is 0 Å². The zero-order chi connectivity index (χ0) is 13.8. The molecule has 0 amide bonds. The summed E-state index contributed by atoms with van der Waals surface area (Å²) in [6.45, 7) is 1.54. The van der Waals surface area contributed by atoms with Crippen LogP contribution in [0.4, 0.5) is 0 Å². The zero-order valence-electron chi connectivity index (χ0n) is 10.9. The van der Waals surface area contributed by atoms with Crippen LogP contribution < -0.4 is 5.32 Å². The maximum absolute atomic E-state index is 4.59. The smallest absolute Gasteiger partial charge is 0.0890 e. The summed E-state index contributed by atoms with van der Waals surface area (Å²) in [6.07, 6.45) is 1.83. The molecule has 0 saturated carbocycles. The highest BCUT2D eigenvalue weighted by atomic mass is 79.9. The fourth-order valence-electron chi connectivity index (χ4n) is 2.02. The minimum Gasteiger partial charge on any atom is -0.307 e. The molecule has 0 aliphatic heterocycles. The zero-order valence-corrected chi connectivity index (χ0v) is 12.5. The third-order valence-electron chi connectivity index (χ3n) is 3.05. The van der Waals surface area contributed by atoms with Gasteiger partial charge in [0.1, 0.15) is 0 Å². The molecular weight excluding hydrogens is 314 g/mol. The Hall–Kier alpha value is -1.78. The predicted octanol–water partition coefficient (Wildman–Crippen LogP) is 3.68. The Morgan fingerprint density at radius 1 is 0.900 bits per heavy atom. The highest BCUT2D eigenvalue weighted by Gasteiger charge is 1.99. The largest absolute Gasteiger partial charge is 0.307 e. The van der Waals surface area contributed by atoms with E-state index in [1.807, 2.05) is 42.6 Å². The van der Waals surface area contributed by atoms with Crippen molar-refractivity contribution in [2.75, 3.05) is 0 Å². The highest BCUT2D eigenvalue weighted by Crippen LogP contribution is 2.11. The number of hydrogen-bond acceptors (Lipinski definition) is 3. The second-order valence-electron chi connectivity index (χ2n) is 4.58. The lowest BCUT2D eigenvalue weighted by molar-refractivity contribution is 0.679. The van der Waals surface area contributed by atoms with Gasteiger partial charge in [-0.1, -0.05) is 40.2 Å². The second-order valence-corrected chi connectivity index (χ2v) is 5.50. The summed E-state index contributed by atoms with van der Waals surface area (Å²) in [5.74, 6) is 0. The first-order chi connectivity index (χ1) is 9.81. The SMILES string of the molecule is Brc1ccc(CNCc2cnc3ccccc3n2)cc1. The minimum absolute atomic E-state index is 0.716. The number of halogens is 1. The van der Waals surface area contributed by atoms with Crippen molar-refractivity contribution in [1.82, 2.24) is 15.3 Å². The third kappa shape index (κ3) is 3.21. The van der Waals surface area contributed by atoms with Crippen molar-refractivity contribution in [2.45, 2.75) is 13.1 Å². The molecule has 0 atom stereocenters. The third-order valence-corrected chi connectivity index (χ3v) is 3.58. The van der Waals surface area contributed by atoms with Gasteiger partial charge in [0.2, 0.25) is 0 Å². The van der Waals surface area contributed by atoms with E-state index in [9.17, 15) is 0 Å². The summed E-state index contributed by atoms with van der Waals surface area (Å²) in [5, 5.41) is 3.38. The van der Waals surface area contributed by atoms with Crippen molar-refractivity contribution >= 4 is 27.0 Å². The van der Waals surface area contributed by atoms with E-state index >= 15 is 0 Å². The number of fused-ring (bicyclic) bond motifs is 1. The van der Waals surface area contributed by atoms with Gasteiger partial charge in [0.15, 0.2) is 0 Å². The van der Waals surface area contributed by atoms with Gasteiger partial charge in [0.25, 0.3) is 0 Å². The lowest BCUT2D eigenvalue weighted by atomic mass is 10.2. The predicted molar refractivity (Wildman–Crippen MR) is 84.2 cm³/mol. The molecule has 0 saturated heterocycles. The van der Waals surface area contributed by atoms with Crippen molar-refractivity contribution < 1.29 is 0 Å². The fourth-order valence-corrected chi connectivity index (χ4v) is 2.28. The molecular formula is C16H14BrN3. The van der Waals surface area contributed by atoms with Crippen LogP contribution in [0.25, 0.3) is 11.0 Å². The van der Waals surface area contributed by atoms with Crippen LogP contribution in [0.5, 0.6) is 0 Å². The lowest BCUT2D eigenvalue weighted by Crippen LogP contribution is -2.13. The summed E-state index contributed by atoms with van der Waals surface area (Å²) in [5.41, 5.74) is 4.09. The van der Waals surface area contributed by atoms with Crippen LogP contribution >= 0.6 is 15.9 Å². The number of rotatable bonds is 4. The Morgan fingerprint density at radius 3 is 2.45 bits per heavy atom. The van der Waals surface area contributed by atoms with E-state index < -0.39 is 0 Å². The van der Waals surface area contributed by atoms with Gasteiger partial charge in [-0.15, -0.1) is 0 Å². The standard InChI is InChI=1S/C16H14BrN3/c17-13-7-5-12(6-8-13)9-18-10-14-11-19-15-3-1-2-4-16(15)20-14/h1-8,11,18H,9-10H2. The van der Waals surface area contributed by atoms with Gasteiger partial charge in [-0.3, -0.25) is 4.98 Å². The van der Waals surface area contributed by atoms with E-state index in [4.69, 9.17) is 0 Å². The van der Waals surface area contributed by atoms with Gasteiger partial charge < -0.3 is 5.32 Å². The molecule has 0 radical (unpaired) electrons. The van der Waals surface area contributed by atoms with E-state index in [0.29, 0.717) is 6.54 Å². The number of para-hydroxylation sites is 2. The molecule has 4 heteroatoms. The van der Waals surface area contributed by atoms with Gasteiger partial charge in [-0.25, -0.2) is 4.98 Å². The van der Waals surface area contributed by atoms with E-state index in [1.165, 1.54) is 5.56 Å². The van der Waals surface area contributed by atoms with Crippen LogP contribution in [0.1, 0.15) is 11.3 Å². The van der Waals surface area contributed by atoms with Crippen molar-refractivity contribution in [3.05, 3.63) is 70.5 Å². The minimum atomic E-state index is 0.716. The Balaban J connectivity index is 1.63.